The Morgan fingerprint density at radius 2 is 2.00 bits per heavy atom. The van der Waals surface area contributed by atoms with Gasteiger partial charge in [-0.15, -0.1) is 0 Å². The first-order chi connectivity index (χ1) is 8.03. The number of ketones is 1. The lowest BCUT2D eigenvalue weighted by atomic mass is 9.58. The van der Waals surface area contributed by atoms with Crippen LogP contribution in [0.5, 0.6) is 0 Å². The minimum Gasteiger partial charge on any atom is -0.394 e. The average molecular weight is 241 g/mol. The first-order valence-corrected chi connectivity index (χ1v) is 6.43. The number of aliphatic hydroxyl groups is 1. The van der Waals surface area contributed by atoms with Crippen LogP contribution in [0, 0.1) is 11.3 Å². The quantitative estimate of drug-likeness (QED) is 0.786. The van der Waals surface area contributed by atoms with Gasteiger partial charge in [-0.2, -0.15) is 0 Å². The number of ether oxygens (including phenoxy) is 1. The predicted octanol–water partition coefficient (Wildman–Crippen LogP) is 0.685. The van der Waals surface area contributed by atoms with Crippen molar-refractivity contribution in [1.82, 2.24) is 4.90 Å². The maximum atomic E-state index is 12.8. The molecule has 0 saturated carbocycles. The number of fused-ring (bicyclic) bond motifs is 3. The standard InChI is InChI=1S/C13H23NO3/c1-10(2)12-4-6-14(7-5-12)13(8-15,9-17-3)11(12)16/h10,15H,4-9H2,1-3H3. The zero-order valence-electron chi connectivity index (χ0n) is 11.0. The van der Waals surface area contributed by atoms with Crippen LogP contribution in [0.3, 0.4) is 0 Å². The van der Waals surface area contributed by atoms with Crippen LogP contribution in [0.4, 0.5) is 0 Å². The van der Waals surface area contributed by atoms with Gasteiger partial charge in [-0.05, 0) is 18.8 Å². The molecule has 3 rings (SSSR count). The summed E-state index contributed by atoms with van der Waals surface area (Å²) in [6.45, 7) is 6.20. The lowest BCUT2D eigenvalue weighted by Gasteiger charge is -2.58. The highest BCUT2D eigenvalue weighted by Crippen LogP contribution is 2.49. The summed E-state index contributed by atoms with van der Waals surface area (Å²) in [4.78, 5) is 14.9. The topological polar surface area (TPSA) is 49.8 Å². The van der Waals surface area contributed by atoms with Gasteiger partial charge >= 0.3 is 0 Å². The second kappa shape index (κ2) is 4.34. The van der Waals surface area contributed by atoms with Gasteiger partial charge in [-0.1, -0.05) is 13.8 Å². The van der Waals surface area contributed by atoms with E-state index in [0.717, 1.165) is 25.9 Å². The number of piperidine rings is 3. The Kier molecular flexibility index (Phi) is 3.31. The molecule has 3 fully saturated rings. The van der Waals surface area contributed by atoms with Crippen LogP contribution >= 0.6 is 0 Å². The van der Waals surface area contributed by atoms with E-state index in [4.69, 9.17) is 4.74 Å². The van der Waals surface area contributed by atoms with Crippen LogP contribution in [-0.2, 0) is 9.53 Å². The van der Waals surface area contributed by atoms with Crippen LogP contribution in [-0.4, -0.2) is 54.7 Å². The normalized spacial score (nSPS) is 41.2. The molecule has 3 heterocycles. The Hall–Kier alpha value is -0.450. The third kappa shape index (κ3) is 1.58. The van der Waals surface area contributed by atoms with E-state index in [1.165, 1.54) is 0 Å². The van der Waals surface area contributed by atoms with Crippen molar-refractivity contribution in [3.63, 3.8) is 0 Å². The molecule has 0 aromatic carbocycles. The molecule has 0 aromatic rings. The van der Waals surface area contributed by atoms with Gasteiger partial charge in [0, 0.05) is 25.6 Å². The summed E-state index contributed by atoms with van der Waals surface area (Å²) in [6, 6.07) is 0. The predicted molar refractivity (Wildman–Crippen MR) is 64.8 cm³/mol. The molecule has 1 atom stereocenters. The average Bonchev–Trinajstić information content (AvgIpc) is 2.34. The second-order valence-corrected chi connectivity index (χ2v) is 5.75. The summed E-state index contributed by atoms with van der Waals surface area (Å²) in [6.07, 6.45) is 1.85. The van der Waals surface area contributed by atoms with Gasteiger partial charge in [0.2, 0.25) is 0 Å². The van der Waals surface area contributed by atoms with Gasteiger partial charge in [0.1, 0.15) is 5.54 Å². The molecule has 2 bridgehead atoms. The highest BCUT2D eigenvalue weighted by Gasteiger charge is 2.61. The zero-order chi connectivity index (χ0) is 12.7. The summed E-state index contributed by atoms with van der Waals surface area (Å²) in [5, 5.41) is 9.72. The summed E-state index contributed by atoms with van der Waals surface area (Å²) < 4.78 is 5.20. The molecule has 3 aliphatic heterocycles. The minimum atomic E-state index is -0.782. The van der Waals surface area contributed by atoms with Gasteiger partial charge in [-0.3, -0.25) is 9.69 Å². The van der Waals surface area contributed by atoms with Crippen LogP contribution in [0.1, 0.15) is 26.7 Å². The lowest BCUT2D eigenvalue weighted by Crippen LogP contribution is -2.73. The molecule has 3 aliphatic rings. The van der Waals surface area contributed by atoms with E-state index in [0.29, 0.717) is 12.5 Å². The van der Waals surface area contributed by atoms with E-state index >= 15 is 0 Å². The number of hydrogen-bond donors (Lipinski definition) is 1. The lowest BCUT2D eigenvalue weighted by molar-refractivity contribution is -0.176. The first-order valence-electron chi connectivity index (χ1n) is 6.43. The summed E-state index contributed by atoms with van der Waals surface area (Å²) >= 11 is 0. The molecule has 0 radical (unpaired) electrons. The molecule has 3 saturated heterocycles. The molecule has 4 heteroatoms. The fourth-order valence-electron chi connectivity index (χ4n) is 3.62. The van der Waals surface area contributed by atoms with Crippen molar-refractivity contribution in [3.05, 3.63) is 0 Å². The van der Waals surface area contributed by atoms with E-state index in [1.54, 1.807) is 7.11 Å². The largest absolute Gasteiger partial charge is 0.394 e. The van der Waals surface area contributed by atoms with Crippen molar-refractivity contribution >= 4 is 5.78 Å². The minimum absolute atomic E-state index is 0.131. The Balaban J connectivity index is 2.39. The van der Waals surface area contributed by atoms with E-state index in [9.17, 15) is 9.90 Å². The number of rotatable bonds is 4. The van der Waals surface area contributed by atoms with Crippen molar-refractivity contribution < 1.29 is 14.6 Å². The van der Waals surface area contributed by atoms with Crippen LogP contribution in [0.2, 0.25) is 0 Å². The highest BCUT2D eigenvalue weighted by molar-refractivity contribution is 5.95. The smallest absolute Gasteiger partial charge is 0.164 e. The van der Waals surface area contributed by atoms with Crippen molar-refractivity contribution in [2.45, 2.75) is 32.2 Å². The SMILES string of the molecule is COCC1(CO)C(=O)C2(C(C)C)CCN1CC2. The third-order valence-corrected chi connectivity index (χ3v) is 4.89. The molecule has 0 amide bonds. The number of methoxy groups -OCH3 is 1. The number of hydrogen-bond acceptors (Lipinski definition) is 4. The van der Waals surface area contributed by atoms with Crippen molar-refractivity contribution in [2.24, 2.45) is 11.3 Å². The van der Waals surface area contributed by atoms with Crippen molar-refractivity contribution in [2.75, 3.05) is 33.4 Å². The Bertz CT molecular complexity index is 308. The van der Waals surface area contributed by atoms with Gasteiger partial charge in [-0.25, -0.2) is 0 Å². The van der Waals surface area contributed by atoms with E-state index in [-0.39, 0.29) is 17.8 Å². The molecule has 17 heavy (non-hydrogen) atoms. The molecule has 1 N–H and O–H groups in total. The fraction of sp³-hybridized carbons (Fsp3) is 0.923. The van der Waals surface area contributed by atoms with Crippen LogP contribution < -0.4 is 0 Å². The van der Waals surface area contributed by atoms with Gasteiger partial charge < -0.3 is 9.84 Å². The van der Waals surface area contributed by atoms with Gasteiger partial charge in [0.15, 0.2) is 5.78 Å². The molecule has 0 spiro atoms. The molecular formula is C13H23NO3. The van der Waals surface area contributed by atoms with Gasteiger partial charge in [0.05, 0.1) is 13.2 Å². The fourth-order valence-corrected chi connectivity index (χ4v) is 3.62. The molecular weight excluding hydrogens is 218 g/mol. The summed E-state index contributed by atoms with van der Waals surface area (Å²) in [5.41, 5.74) is -1.02. The Morgan fingerprint density at radius 3 is 2.41 bits per heavy atom. The maximum absolute atomic E-state index is 12.8. The summed E-state index contributed by atoms with van der Waals surface area (Å²) in [7, 11) is 1.59. The number of carbonyl (C=O) groups is 1. The number of Topliss-reactive ketones (excluding diaryl/α,β-unsaturated/α-hetero) is 1. The molecule has 4 nitrogen and oxygen atoms in total. The third-order valence-electron chi connectivity index (χ3n) is 4.89. The molecule has 98 valence electrons. The number of nitrogens with zero attached hydrogens (tertiary/aromatic N) is 1. The number of aliphatic hydroxyl groups excluding tert-OH is 1. The molecule has 0 aliphatic carbocycles. The zero-order valence-corrected chi connectivity index (χ0v) is 11.0. The number of carbonyl (C=O) groups excluding carboxylic acids is 1. The first kappa shape index (κ1) is 13.0. The van der Waals surface area contributed by atoms with Crippen LogP contribution in [0.25, 0.3) is 0 Å². The Labute approximate surface area is 103 Å². The maximum Gasteiger partial charge on any atom is 0.164 e. The van der Waals surface area contributed by atoms with E-state index in [1.807, 2.05) is 0 Å². The van der Waals surface area contributed by atoms with Crippen molar-refractivity contribution in [3.8, 4) is 0 Å². The van der Waals surface area contributed by atoms with Crippen molar-refractivity contribution in [1.29, 1.82) is 0 Å². The Morgan fingerprint density at radius 1 is 1.41 bits per heavy atom. The monoisotopic (exact) mass is 241 g/mol. The molecule has 1 unspecified atom stereocenters. The highest BCUT2D eigenvalue weighted by atomic mass is 16.5. The van der Waals surface area contributed by atoms with E-state index in [2.05, 4.69) is 18.7 Å². The van der Waals surface area contributed by atoms with Crippen LogP contribution in [0.15, 0.2) is 0 Å². The van der Waals surface area contributed by atoms with E-state index < -0.39 is 5.54 Å². The molecule has 0 aromatic heterocycles. The van der Waals surface area contributed by atoms with Gasteiger partial charge in [0.25, 0.3) is 0 Å². The summed E-state index contributed by atoms with van der Waals surface area (Å²) in [5.74, 6) is 0.530. The second-order valence-electron chi connectivity index (χ2n) is 5.75.